The van der Waals surface area contributed by atoms with E-state index < -0.39 is 41.2 Å². The molecule has 2 aromatic carbocycles. The maximum atomic E-state index is 13.4. The van der Waals surface area contributed by atoms with E-state index in [1.54, 1.807) is 18.2 Å². The van der Waals surface area contributed by atoms with E-state index in [9.17, 15) is 24.0 Å². The van der Waals surface area contributed by atoms with Crippen LogP contribution in [0.15, 0.2) is 77.2 Å². The molecule has 0 aliphatic carbocycles. The van der Waals surface area contributed by atoms with Crippen molar-refractivity contribution in [1.82, 2.24) is 5.01 Å². The number of amides is 1. The van der Waals surface area contributed by atoms with Crippen molar-refractivity contribution in [2.75, 3.05) is 35.5 Å². The van der Waals surface area contributed by atoms with Crippen molar-refractivity contribution in [2.24, 2.45) is 5.10 Å². The molecule has 0 bridgehead atoms. The first-order valence-electron chi connectivity index (χ1n) is 11.2. The molecule has 0 saturated heterocycles. The topological polar surface area (TPSA) is 156 Å². The van der Waals surface area contributed by atoms with Crippen molar-refractivity contribution in [3.05, 3.63) is 83.3 Å². The van der Waals surface area contributed by atoms with Crippen LogP contribution in [0.25, 0.3) is 0 Å². The lowest BCUT2D eigenvalue weighted by Gasteiger charge is -2.19. The largest absolute Gasteiger partial charge is 0.497 e. The second kappa shape index (κ2) is 15.1. The molecule has 0 unspecified atom stereocenters. The van der Waals surface area contributed by atoms with E-state index in [1.165, 1.54) is 37.4 Å². The molecule has 0 atom stereocenters. The number of carbonyl (C=O) groups excluding carboxylic acids is 5. The van der Waals surface area contributed by atoms with Gasteiger partial charge in [-0.3, -0.25) is 4.79 Å². The van der Waals surface area contributed by atoms with E-state index in [2.05, 4.69) is 19.3 Å². The Balaban J connectivity index is 2.69. The molecule has 0 saturated carbocycles. The van der Waals surface area contributed by atoms with Crippen LogP contribution in [0.2, 0.25) is 0 Å². The molecule has 13 nitrogen and oxygen atoms in total. The molecular formula is C27H26N2O11. The zero-order chi connectivity index (χ0) is 29.7. The van der Waals surface area contributed by atoms with E-state index in [-0.39, 0.29) is 16.9 Å². The number of rotatable bonds is 11. The third-order valence-electron chi connectivity index (χ3n) is 4.88. The summed E-state index contributed by atoms with van der Waals surface area (Å²) in [6, 6.07) is 12.1. The number of esters is 4. The summed E-state index contributed by atoms with van der Waals surface area (Å²) in [5, 5.41) is 4.76. The van der Waals surface area contributed by atoms with Crippen molar-refractivity contribution in [3.63, 3.8) is 0 Å². The normalized spacial score (nSPS) is 11.3. The second-order valence-electron chi connectivity index (χ2n) is 7.30. The van der Waals surface area contributed by atoms with Crippen LogP contribution in [0.5, 0.6) is 11.5 Å². The molecule has 1 amide bonds. The molecule has 40 heavy (non-hydrogen) atoms. The maximum Gasteiger partial charge on any atom is 0.374 e. The first-order chi connectivity index (χ1) is 19.2. The first kappa shape index (κ1) is 30.8. The van der Waals surface area contributed by atoms with Gasteiger partial charge < -0.3 is 28.4 Å². The Kier molecular flexibility index (Phi) is 11.6. The average molecular weight is 555 g/mol. The molecule has 210 valence electrons. The maximum absolute atomic E-state index is 13.4. The zero-order valence-corrected chi connectivity index (χ0v) is 22.2. The van der Waals surface area contributed by atoms with E-state index in [1.807, 2.05) is 0 Å². The predicted molar refractivity (Wildman–Crippen MR) is 138 cm³/mol. The van der Waals surface area contributed by atoms with Gasteiger partial charge in [0, 0.05) is 17.2 Å². The summed E-state index contributed by atoms with van der Waals surface area (Å²) in [6.45, 7) is 0. The predicted octanol–water partition coefficient (Wildman–Crippen LogP) is 2.01. The van der Waals surface area contributed by atoms with Gasteiger partial charge in [0.15, 0.2) is 5.70 Å². The van der Waals surface area contributed by atoms with Gasteiger partial charge in [0.2, 0.25) is 5.76 Å². The Morgan fingerprint density at radius 3 is 1.95 bits per heavy atom. The molecule has 2 aromatic rings. The van der Waals surface area contributed by atoms with Gasteiger partial charge in [0.25, 0.3) is 5.91 Å². The summed E-state index contributed by atoms with van der Waals surface area (Å²) in [4.78, 5) is 62.0. The van der Waals surface area contributed by atoms with Crippen LogP contribution in [0.4, 0.5) is 0 Å². The number of hydrogen-bond donors (Lipinski definition) is 0. The SMILES string of the molecule is COC(=O)/C=C(/C(=O)OC)N(/N=C/c1ccc(OC)cc1O/C(=C/C(=O)OC)C(=O)OC)C(=O)c1ccccc1. The smallest absolute Gasteiger partial charge is 0.374 e. The number of ether oxygens (including phenoxy) is 6. The van der Waals surface area contributed by atoms with Crippen molar-refractivity contribution in [3.8, 4) is 11.5 Å². The summed E-state index contributed by atoms with van der Waals surface area (Å²) < 4.78 is 29.4. The van der Waals surface area contributed by atoms with Crippen LogP contribution >= 0.6 is 0 Å². The fourth-order valence-corrected chi connectivity index (χ4v) is 2.88. The van der Waals surface area contributed by atoms with Crippen LogP contribution in [-0.4, -0.2) is 76.6 Å². The summed E-state index contributed by atoms with van der Waals surface area (Å²) in [5.74, 6) is -5.00. The molecule has 2 rings (SSSR count). The Hall–Kier alpha value is -5.46. The van der Waals surface area contributed by atoms with Gasteiger partial charge in [-0.05, 0) is 24.3 Å². The highest BCUT2D eigenvalue weighted by molar-refractivity contribution is 6.04. The Labute approximate surface area is 229 Å². The summed E-state index contributed by atoms with van der Waals surface area (Å²) in [5.41, 5.74) is -0.288. The van der Waals surface area contributed by atoms with Crippen LogP contribution in [-0.2, 0) is 38.1 Å². The fraction of sp³-hybridized carbons (Fsp3) is 0.185. The second-order valence-corrected chi connectivity index (χ2v) is 7.30. The van der Waals surface area contributed by atoms with Crippen molar-refractivity contribution < 1.29 is 52.4 Å². The molecule has 0 aromatic heterocycles. The average Bonchev–Trinajstić information content (AvgIpc) is 2.99. The lowest BCUT2D eigenvalue weighted by Crippen LogP contribution is -2.31. The highest BCUT2D eigenvalue weighted by Gasteiger charge is 2.27. The summed E-state index contributed by atoms with van der Waals surface area (Å²) in [7, 11) is 5.72. The van der Waals surface area contributed by atoms with Gasteiger partial charge in [-0.25, -0.2) is 19.2 Å². The molecule has 0 aliphatic heterocycles. The number of methoxy groups -OCH3 is 5. The molecule has 0 heterocycles. The molecular weight excluding hydrogens is 528 g/mol. The highest BCUT2D eigenvalue weighted by atomic mass is 16.6. The summed E-state index contributed by atoms with van der Waals surface area (Å²) >= 11 is 0. The Morgan fingerprint density at radius 1 is 0.750 bits per heavy atom. The van der Waals surface area contributed by atoms with Crippen molar-refractivity contribution in [1.29, 1.82) is 0 Å². The highest BCUT2D eigenvalue weighted by Crippen LogP contribution is 2.26. The monoisotopic (exact) mass is 554 g/mol. The minimum Gasteiger partial charge on any atom is -0.497 e. The molecule has 0 spiro atoms. The Morgan fingerprint density at radius 2 is 1.38 bits per heavy atom. The lowest BCUT2D eigenvalue weighted by molar-refractivity contribution is -0.140. The van der Waals surface area contributed by atoms with Crippen molar-refractivity contribution >= 4 is 36.0 Å². The summed E-state index contributed by atoms with van der Waals surface area (Å²) in [6.07, 6.45) is 2.62. The van der Waals surface area contributed by atoms with Gasteiger partial charge >= 0.3 is 23.9 Å². The zero-order valence-electron chi connectivity index (χ0n) is 22.2. The van der Waals surface area contributed by atoms with Gasteiger partial charge in [-0.2, -0.15) is 10.1 Å². The number of benzene rings is 2. The molecule has 0 N–H and O–H groups in total. The molecule has 0 radical (unpaired) electrons. The standard InChI is InChI=1S/C27H26N2O11/c1-35-19-12-11-18(21(13-19)40-22(27(34)39-5)15-24(31)37-3)16-28-29(25(32)17-9-7-6-8-10-17)20(26(33)38-4)14-23(30)36-2/h6-16H,1-5H3/b20-14-,22-15+,28-16+. The van der Waals surface area contributed by atoms with Gasteiger partial charge in [-0.1, -0.05) is 18.2 Å². The van der Waals surface area contributed by atoms with Crippen LogP contribution in [0.1, 0.15) is 15.9 Å². The minimum atomic E-state index is -1.06. The molecule has 13 heteroatoms. The number of carbonyl (C=O) groups is 5. The first-order valence-corrected chi connectivity index (χ1v) is 11.2. The van der Waals surface area contributed by atoms with E-state index in [0.717, 1.165) is 46.8 Å². The Bertz CT molecular complexity index is 1350. The van der Waals surface area contributed by atoms with E-state index >= 15 is 0 Å². The van der Waals surface area contributed by atoms with E-state index in [4.69, 9.17) is 14.2 Å². The third-order valence-corrected chi connectivity index (χ3v) is 4.88. The van der Waals surface area contributed by atoms with Gasteiger partial charge in [-0.15, -0.1) is 0 Å². The van der Waals surface area contributed by atoms with Crippen molar-refractivity contribution in [2.45, 2.75) is 0 Å². The number of hydrogen-bond acceptors (Lipinski definition) is 12. The lowest BCUT2D eigenvalue weighted by atomic mass is 10.2. The molecule has 0 aliphatic rings. The quantitative estimate of drug-likeness (QED) is 0.1000. The third kappa shape index (κ3) is 8.28. The van der Waals surface area contributed by atoms with Crippen LogP contribution in [0, 0.1) is 0 Å². The van der Waals surface area contributed by atoms with Crippen LogP contribution < -0.4 is 9.47 Å². The number of hydrazone groups is 1. The fourth-order valence-electron chi connectivity index (χ4n) is 2.88. The van der Waals surface area contributed by atoms with Gasteiger partial charge in [0.05, 0.1) is 53.9 Å². The van der Waals surface area contributed by atoms with E-state index in [0.29, 0.717) is 10.8 Å². The van der Waals surface area contributed by atoms with Gasteiger partial charge in [0.1, 0.15) is 11.5 Å². The molecule has 0 fully saturated rings. The van der Waals surface area contributed by atoms with Crippen LogP contribution in [0.3, 0.4) is 0 Å². The minimum absolute atomic E-state index is 0.0627. The number of nitrogens with zero attached hydrogens (tertiary/aromatic N) is 2.